The third kappa shape index (κ3) is 4.30. The summed E-state index contributed by atoms with van der Waals surface area (Å²) in [6, 6.07) is 5.21. The molecular weight excluding hydrogens is 250 g/mol. The van der Waals surface area contributed by atoms with Gasteiger partial charge in [0.15, 0.2) is 0 Å². The first kappa shape index (κ1) is 15.0. The average molecular weight is 275 g/mol. The summed E-state index contributed by atoms with van der Waals surface area (Å²) in [6.45, 7) is 1.94. The Labute approximate surface area is 121 Å². The number of nitrogens with zero attached hydrogens (tertiary/aromatic N) is 1. The molecule has 0 aliphatic heterocycles. The number of aromatic nitrogens is 1. The van der Waals surface area contributed by atoms with Crippen molar-refractivity contribution in [2.45, 2.75) is 57.5 Å². The maximum absolute atomic E-state index is 12.1. The molecule has 2 atom stereocenters. The maximum atomic E-state index is 12.1. The zero-order chi connectivity index (χ0) is 14.4. The van der Waals surface area contributed by atoms with Gasteiger partial charge in [-0.2, -0.15) is 0 Å². The Morgan fingerprint density at radius 3 is 2.80 bits per heavy atom. The summed E-state index contributed by atoms with van der Waals surface area (Å²) in [5.41, 5.74) is 6.91. The highest BCUT2D eigenvalue weighted by atomic mass is 16.2. The van der Waals surface area contributed by atoms with Crippen molar-refractivity contribution < 1.29 is 4.79 Å². The van der Waals surface area contributed by atoms with E-state index in [4.69, 9.17) is 5.73 Å². The van der Waals surface area contributed by atoms with E-state index in [-0.39, 0.29) is 11.9 Å². The lowest BCUT2D eigenvalue weighted by Gasteiger charge is -2.25. The fourth-order valence-corrected chi connectivity index (χ4v) is 2.92. The van der Waals surface area contributed by atoms with Crippen molar-refractivity contribution in [1.82, 2.24) is 10.3 Å². The second-order valence-electron chi connectivity index (χ2n) is 5.83. The average Bonchev–Trinajstić information content (AvgIpc) is 2.49. The lowest BCUT2D eigenvalue weighted by atomic mass is 9.85. The van der Waals surface area contributed by atoms with Gasteiger partial charge in [-0.05, 0) is 31.4 Å². The molecule has 1 saturated carbocycles. The Morgan fingerprint density at radius 1 is 1.40 bits per heavy atom. The smallest absolute Gasteiger partial charge is 0.237 e. The fourth-order valence-electron chi connectivity index (χ4n) is 2.92. The number of hydrogen-bond acceptors (Lipinski definition) is 3. The van der Waals surface area contributed by atoms with Gasteiger partial charge in [-0.25, -0.2) is 0 Å². The summed E-state index contributed by atoms with van der Waals surface area (Å²) >= 11 is 0. The normalized spacial score (nSPS) is 19.3. The van der Waals surface area contributed by atoms with Crippen molar-refractivity contribution >= 4 is 5.91 Å². The van der Waals surface area contributed by atoms with Crippen LogP contribution in [0, 0.1) is 5.92 Å². The Hall–Kier alpha value is -1.42. The minimum atomic E-state index is -0.399. The van der Waals surface area contributed by atoms with E-state index >= 15 is 0 Å². The van der Waals surface area contributed by atoms with Gasteiger partial charge in [0, 0.05) is 6.20 Å². The van der Waals surface area contributed by atoms with Crippen LogP contribution in [0.5, 0.6) is 0 Å². The van der Waals surface area contributed by atoms with Gasteiger partial charge < -0.3 is 11.1 Å². The minimum absolute atomic E-state index is 0.0614. The largest absolute Gasteiger partial charge is 0.347 e. The van der Waals surface area contributed by atoms with Crippen LogP contribution < -0.4 is 11.1 Å². The van der Waals surface area contributed by atoms with E-state index in [1.165, 1.54) is 32.1 Å². The topological polar surface area (TPSA) is 68.0 Å². The van der Waals surface area contributed by atoms with E-state index in [0.717, 1.165) is 12.1 Å². The molecule has 110 valence electrons. The molecule has 2 unspecified atom stereocenters. The molecule has 0 saturated heterocycles. The summed E-state index contributed by atoms with van der Waals surface area (Å²) in [7, 11) is 0. The Balaban J connectivity index is 1.81. The molecule has 0 spiro atoms. The molecule has 0 bridgehead atoms. The lowest BCUT2D eigenvalue weighted by Crippen LogP contribution is -2.43. The van der Waals surface area contributed by atoms with Crippen LogP contribution >= 0.6 is 0 Å². The van der Waals surface area contributed by atoms with Crippen molar-refractivity contribution in [3.05, 3.63) is 30.1 Å². The molecule has 1 aliphatic rings. The van der Waals surface area contributed by atoms with Crippen LogP contribution in [0.4, 0.5) is 0 Å². The number of carbonyl (C=O) groups excluding carboxylic acids is 1. The van der Waals surface area contributed by atoms with E-state index in [0.29, 0.717) is 5.92 Å². The predicted octanol–water partition coefficient (Wildman–Crippen LogP) is 2.56. The minimum Gasteiger partial charge on any atom is -0.347 e. The Morgan fingerprint density at radius 2 is 2.15 bits per heavy atom. The molecular formula is C16H25N3O. The molecule has 2 rings (SSSR count). The van der Waals surface area contributed by atoms with Crippen molar-refractivity contribution in [3.63, 3.8) is 0 Å². The van der Waals surface area contributed by atoms with Crippen molar-refractivity contribution in [2.24, 2.45) is 11.7 Å². The zero-order valence-electron chi connectivity index (χ0n) is 12.2. The van der Waals surface area contributed by atoms with E-state index in [1.54, 1.807) is 6.20 Å². The van der Waals surface area contributed by atoms with Crippen LogP contribution in [-0.2, 0) is 4.79 Å². The van der Waals surface area contributed by atoms with E-state index in [1.807, 2.05) is 25.1 Å². The summed E-state index contributed by atoms with van der Waals surface area (Å²) in [5, 5.41) is 2.96. The van der Waals surface area contributed by atoms with Crippen LogP contribution in [0.25, 0.3) is 0 Å². The van der Waals surface area contributed by atoms with Crippen LogP contribution in [0.3, 0.4) is 0 Å². The van der Waals surface area contributed by atoms with Gasteiger partial charge in [-0.3, -0.25) is 9.78 Å². The maximum Gasteiger partial charge on any atom is 0.237 e. The Bertz CT molecular complexity index is 415. The van der Waals surface area contributed by atoms with Crippen molar-refractivity contribution in [1.29, 1.82) is 0 Å². The monoisotopic (exact) mass is 275 g/mol. The van der Waals surface area contributed by atoms with Crippen molar-refractivity contribution in [3.8, 4) is 0 Å². The number of carbonyl (C=O) groups is 1. The lowest BCUT2D eigenvalue weighted by molar-refractivity contribution is -0.123. The number of pyridine rings is 1. The first-order valence-corrected chi connectivity index (χ1v) is 7.63. The summed E-state index contributed by atoms with van der Waals surface area (Å²) < 4.78 is 0. The molecule has 0 radical (unpaired) electrons. The molecule has 4 heteroatoms. The summed E-state index contributed by atoms with van der Waals surface area (Å²) in [5.74, 6) is 0.559. The van der Waals surface area contributed by atoms with Crippen LogP contribution in [-0.4, -0.2) is 16.9 Å². The number of nitrogens with two attached hydrogens (primary N) is 1. The second-order valence-corrected chi connectivity index (χ2v) is 5.83. The van der Waals surface area contributed by atoms with Gasteiger partial charge in [0.2, 0.25) is 5.91 Å². The quantitative estimate of drug-likeness (QED) is 0.867. The van der Waals surface area contributed by atoms with E-state index in [9.17, 15) is 4.79 Å². The van der Waals surface area contributed by atoms with Gasteiger partial charge in [-0.15, -0.1) is 0 Å². The molecule has 3 N–H and O–H groups in total. The second kappa shape index (κ2) is 7.39. The number of amides is 1. The van der Waals surface area contributed by atoms with Gasteiger partial charge in [0.25, 0.3) is 0 Å². The standard InChI is InChI=1S/C16H25N3O/c1-12(15-9-5-6-10-18-15)19-16(20)14(17)11-13-7-3-2-4-8-13/h5-6,9-10,12-14H,2-4,7-8,11,17H2,1H3,(H,19,20). The third-order valence-corrected chi connectivity index (χ3v) is 4.14. The van der Waals surface area contributed by atoms with Crippen LogP contribution in [0.2, 0.25) is 0 Å². The number of hydrogen-bond donors (Lipinski definition) is 2. The van der Waals surface area contributed by atoms with Gasteiger partial charge in [0.05, 0.1) is 17.8 Å². The summed E-state index contributed by atoms with van der Waals surface area (Å²) in [4.78, 5) is 16.4. The first-order chi connectivity index (χ1) is 9.66. The Kier molecular flexibility index (Phi) is 5.53. The van der Waals surface area contributed by atoms with Crippen LogP contribution in [0.15, 0.2) is 24.4 Å². The number of nitrogens with one attached hydrogen (secondary N) is 1. The van der Waals surface area contributed by atoms with E-state index in [2.05, 4.69) is 10.3 Å². The summed E-state index contributed by atoms with van der Waals surface area (Å²) in [6.07, 6.45) is 8.87. The highest BCUT2D eigenvalue weighted by Gasteiger charge is 2.22. The molecule has 20 heavy (non-hydrogen) atoms. The van der Waals surface area contributed by atoms with Gasteiger partial charge >= 0.3 is 0 Å². The van der Waals surface area contributed by atoms with Gasteiger partial charge in [-0.1, -0.05) is 38.2 Å². The molecule has 0 aromatic carbocycles. The fraction of sp³-hybridized carbons (Fsp3) is 0.625. The third-order valence-electron chi connectivity index (χ3n) is 4.14. The highest BCUT2D eigenvalue weighted by Crippen LogP contribution is 2.27. The molecule has 1 amide bonds. The SMILES string of the molecule is CC(NC(=O)C(N)CC1CCCCC1)c1ccccn1. The molecule has 1 aromatic rings. The predicted molar refractivity (Wildman–Crippen MR) is 80.0 cm³/mol. The van der Waals surface area contributed by atoms with Crippen LogP contribution in [0.1, 0.15) is 57.2 Å². The van der Waals surface area contributed by atoms with Gasteiger partial charge in [0.1, 0.15) is 0 Å². The molecule has 1 aliphatic carbocycles. The molecule has 1 fully saturated rings. The number of rotatable bonds is 5. The molecule has 4 nitrogen and oxygen atoms in total. The zero-order valence-corrected chi connectivity index (χ0v) is 12.2. The first-order valence-electron chi connectivity index (χ1n) is 7.63. The molecule has 1 aromatic heterocycles. The highest BCUT2D eigenvalue weighted by molar-refractivity contribution is 5.81. The molecule has 1 heterocycles. The van der Waals surface area contributed by atoms with E-state index < -0.39 is 6.04 Å². The van der Waals surface area contributed by atoms with Crippen molar-refractivity contribution in [2.75, 3.05) is 0 Å².